The summed E-state index contributed by atoms with van der Waals surface area (Å²) in [5.41, 5.74) is 2.77. The zero-order valence-corrected chi connectivity index (χ0v) is 18.9. The number of hydrogen-bond donors (Lipinski definition) is 0. The van der Waals surface area contributed by atoms with Gasteiger partial charge >= 0.3 is 0 Å². The number of pyridine rings is 1. The van der Waals surface area contributed by atoms with Crippen LogP contribution in [0.25, 0.3) is 5.52 Å². The number of ether oxygens (including phenoxy) is 1. The number of carbonyl (C=O) groups is 2. The summed E-state index contributed by atoms with van der Waals surface area (Å²) in [6, 6.07) is 13.6. The van der Waals surface area contributed by atoms with Gasteiger partial charge in [-0.15, -0.1) is 0 Å². The molecule has 172 valence electrons. The van der Waals surface area contributed by atoms with E-state index in [1.54, 1.807) is 10.7 Å². The highest BCUT2D eigenvalue weighted by Gasteiger charge is 2.26. The van der Waals surface area contributed by atoms with E-state index in [1.165, 1.54) is 12.0 Å². The van der Waals surface area contributed by atoms with Crippen LogP contribution < -0.4 is 4.74 Å². The number of carbonyl (C=O) groups excluding carboxylic acids is 2. The number of hydrogen-bond acceptors (Lipinski definition) is 4. The minimum absolute atomic E-state index is 0.0259. The van der Waals surface area contributed by atoms with E-state index in [2.05, 4.69) is 17.2 Å². The number of nitrogens with zero attached hydrogens (tertiary/aromatic N) is 4. The van der Waals surface area contributed by atoms with Crippen molar-refractivity contribution >= 4 is 17.3 Å². The highest BCUT2D eigenvalue weighted by atomic mass is 16.5. The van der Waals surface area contributed by atoms with Crippen LogP contribution in [-0.4, -0.2) is 64.0 Å². The smallest absolute Gasteiger partial charge is 0.260 e. The number of rotatable bonds is 5. The Morgan fingerprint density at radius 3 is 2.45 bits per heavy atom. The molecule has 2 fully saturated rings. The average molecular weight is 447 g/mol. The van der Waals surface area contributed by atoms with Crippen LogP contribution in [-0.2, 0) is 4.79 Å². The van der Waals surface area contributed by atoms with Crippen LogP contribution in [0.1, 0.15) is 53.9 Å². The van der Waals surface area contributed by atoms with E-state index in [4.69, 9.17) is 4.74 Å². The summed E-state index contributed by atoms with van der Waals surface area (Å²) in [7, 11) is 0. The Balaban J connectivity index is 1.22. The molecule has 7 heteroatoms. The van der Waals surface area contributed by atoms with E-state index in [0.29, 0.717) is 30.3 Å². The first-order valence-electron chi connectivity index (χ1n) is 11.9. The lowest BCUT2D eigenvalue weighted by Crippen LogP contribution is -2.40. The van der Waals surface area contributed by atoms with E-state index >= 15 is 0 Å². The number of para-hydroxylation sites is 1. The van der Waals surface area contributed by atoms with Gasteiger partial charge in [-0.05, 0) is 67.9 Å². The van der Waals surface area contributed by atoms with Crippen LogP contribution in [0.5, 0.6) is 5.75 Å². The Labute approximate surface area is 193 Å². The molecule has 3 aromatic rings. The van der Waals surface area contributed by atoms with E-state index in [1.807, 2.05) is 46.3 Å². The van der Waals surface area contributed by atoms with Crippen LogP contribution in [0.4, 0.5) is 0 Å². The second-order valence-electron chi connectivity index (χ2n) is 8.96. The maximum absolute atomic E-state index is 13.1. The van der Waals surface area contributed by atoms with Gasteiger partial charge in [-0.3, -0.25) is 9.59 Å². The molecule has 0 bridgehead atoms. The predicted molar refractivity (Wildman–Crippen MR) is 125 cm³/mol. The largest absolute Gasteiger partial charge is 0.484 e. The van der Waals surface area contributed by atoms with Crippen molar-refractivity contribution in [1.82, 2.24) is 19.4 Å². The van der Waals surface area contributed by atoms with Crippen LogP contribution in [0, 0.1) is 0 Å². The van der Waals surface area contributed by atoms with Crippen LogP contribution >= 0.6 is 0 Å². The standard InChI is InChI=1S/C26H30N4O3/c31-25(19-33-22-7-3-1-4-8-22)28-14-9-20(10-15-28)21-11-16-30-24(17-21)23(18-27-30)26(32)29-12-5-2-6-13-29/h1,3-4,7-8,11,16-18,20H,2,5-6,9-10,12-15,19H2. The van der Waals surface area contributed by atoms with Crippen molar-refractivity contribution in [1.29, 1.82) is 0 Å². The Kier molecular flexibility index (Phi) is 6.28. The van der Waals surface area contributed by atoms with Gasteiger partial charge in [0.2, 0.25) is 0 Å². The van der Waals surface area contributed by atoms with Crippen molar-refractivity contribution in [3.8, 4) is 5.75 Å². The third kappa shape index (κ3) is 4.72. The van der Waals surface area contributed by atoms with Crippen LogP contribution in [0.2, 0.25) is 0 Å². The van der Waals surface area contributed by atoms with Crippen molar-refractivity contribution < 1.29 is 14.3 Å². The molecule has 0 saturated carbocycles. The predicted octanol–water partition coefficient (Wildman–Crippen LogP) is 3.75. The molecule has 1 aromatic carbocycles. The highest BCUT2D eigenvalue weighted by molar-refractivity contribution is 6.00. The molecule has 0 aliphatic carbocycles. The molecule has 5 rings (SSSR count). The first-order valence-corrected chi connectivity index (χ1v) is 11.9. The molecule has 2 aliphatic rings. The van der Waals surface area contributed by atoms with E-state index in [-0.39, 0.29) is 18.4 Å². The molecule has 33 heavy (non-hydrogen) atoms. The first-order chi connectivity index (χ1) is 16.2. The normalized spacial score (nSPS) is 17.3. The Morgan fingerprint density at radius 1 is 0.939 bits per heavy atom. The highest BCUT2D eigenvalue weighted by Crippen LogP contribution is 2.30. The quantitative estimate of drug-likeness (QED) is 0.599. The second-order valence-corrected chi connectivity index (χ2v) is 8.96. The summed E-state index contributed by atoms with van der Waals surface area (Å²) in [5, 5.41) is 4.40. The molecule has 0 atom stereocenters. The number of benzene rings is 1. The summed E-state index contributed by atoms with van der Waals surface area (Å²) in [6.07, 6.45) is 8.79. The lowest BCUT2D eigenvalue weighted by molar-refractivity contribution is -0.134. The summed E-state index contributed by atoms with van der Waals surface area (Å²) >= 11 is 0. The van der Waals surface area contributed by atoms with Gasteiger partial charge in [0.05, 0.1) is 17.3 Å². The fourth-order valence-corrected chi connectivity index (χ4v) is 4.90. The molecule has 2 aromatic heterocycles. The SMILES string of the molecule is O=C(COc1ccccc1)N1CCC(c2ccn3ncc(C(=O)N4CCCCC4)c3c2)CC1. The minimum Gasteiger partial charge on any atom is -0.484 e. The van der Waals surface area contributed by atoms with Crippen LogP contribution in [0.15, 0.2) is 54.9 Å². The molecule has 7 nitrogen and oxygen atoms in total. The Hall–Kier alpha value is -3.35. The van der Waals surface area contributed by atoms with Crippen molar-refractivity contribution in [2.45, 2.75) is 38.0 Å². The monoisotopic (exact) mass is 446 g/mol. The van der Waals surface area contributed by atoms with Crippen molar-refractivity contribution in [2.75, 3.05) is 32.8 Å². The number of amides is 2. The lowest BCUT2D eigenvalue weighted by atomic mass is 9.89. The third-order valence-electron chi connectivity index (χ3n) is 6.84. The number of fused-ring (bicyclic) bond motifs is 1. The maximum Gasteiger partial charge on any atom is 0.260 e. The van der Waals surface area contributed by atoms with E-state index in [0.717, 1.165) is 44.3 Å². The number of likely N-dealkylation sites (tertiary alicyclic amines) is 2. The number of aromatic nitrogens is 2. The molecular weight excluding hydrogens is 416 g/mol. The zero-order chi connectivity index (χ0) is 22.6. The molecule has 2 aliphatic heterocycles. The fourth-order valence-electron chi connectivity index (χ4n) is 4.90. The van der Waals surface area contributed by atoms with Gasteiger partial charge in [-0.2, -0.15) is 5.10 Å². The van der Waals surface area contributed by atoms with Gasteiger partial charge in [-0.25, -0.2) is 4.52 Å². The topological polar surface area (TPSA) is 67.2 Å². The number of piperidine rings is 2. The summed E-state index contributed by atoms with van der Waals surface area (Å²) < 4.78 is 7.41. The molecule has 2 amide bonds. The van der Waals surface area contributed by atoms with Crippen molar-refractivity contribution in [2.24, 2.45) is 0 Å². The third-order valence-corrected chi connectivity index (χ3v) is 6.84. The van der Waals surface area contributed by atoms with E-state index in [9.17, 15) is 9.59 Å². The molecule has 0 unspecified atom stereocenters. The molecule has 0 N–H and O–H groups in total. The van der Waals surface area contributed by atoms with Gasteiger partial charge in [0.25, 0.3) is 11.8 Å². The molecule has 2 saturated heterocycles. The summed E-state index contributed by atoms with van der Waals surface area (Å²) in [4.78, 5) is 29.5. The summed E-state index contributed by atoms with van der Waals surface area (Å²) in [5.74, 6) is 1.19. The molecular formula is C26H30N4O3. The van der Waals surface area contributed by atoms with Crippen molar-refractivity contribution in [3.63, 3.8) is 0 Å². The van der Waals surface area contributed by atoms with Gasteiger partial charge in [0.15, 0.2) is 6.61 Å². The minimum atomic E-state index is 0.0259. The maximum atomic E-state index is 13.1. The average Bonchev–Trinajstić information content (AvgIpc) is 3.31. The fraction of sp³-hybridized carbons (Fsp3) is 0.423. The second kappa shape index (κ2) is 9.65. The Bertz CT molecular complexity index is 1110. The lowest BCUT2D eigenvalue weighted by Gasteiger charge is -2.32. The molecule has 0 spiro atoms. The zero-order valence-electron chi connectivity index (χ0n) is 18.9. The van der Waals surface area contributed by atoms with E-state index < -0.39 is 0 Å². The Morgan fingerprint density at radius 2 is 1.70 bits per heavy atom. The molecule has 0 radical (unpaired) electrons. The van der Waals surface area contributed by atoms with Gasteiger partial charge in [-0.1, -0.05) is 18.2 Å². The van der Waals surface area contributed by atoms with Gasteiger partial charge in [0.1, 0.15) is 5.75 Å². The van der Waals surface area contributed by atoms with Gasteiger partial charge < -0.3 is 14.5 Å². The van der Waals surface area contributed by atoms with Crippen molar-refractivity contribution in [3.05, 3.63) is 66.0 Å². The van der Waals surface area contributed by atoms with Gasteiger partial charge in [0, 0.05) is 32.4 Å². The van der Waals surface area contributed by atoms with Crippen LogP contribution in [0.3, 0.4) is 0 Å². The molecule has 4 heterocycles. The summed E-state index contributed by atoms with van der Waals surface area (Å²) in [6.45, 7) is 3.16. The first kappa shape index (κ1) is 21.5.